The predicted molar refractivity (Wildman–Crippen MR) is 61.2 cm³/mol. The maximum atomic E-state index is 11.4. The minimum atomic E-state index is -0.306. The highest BCUT2D eigenvalue weighted by atomic mass is 32.2. The number of nitrogens with one attached hydrogen (secondary N) is 2. The molecule has 0 saturated carbocycles. The first-order valence-electron chi connectivity index (χ1n) is 5.07. The van der Waals surface area contributed by atoms with Crippen LogP contribution in [-0.4, -0.2) is 46.6 Å². The summed E-state index contributed by atoms with van der Waals surface area (Å²) in [6.07, 6.45) is 2.41. The van der Waals surface area contributed by atoms with Gasteiger partial charge in [-0.3, -0.25) is 9.89 Å². The fourth-order valence-electron chi connectivity index (χ4n) is 1.10. The van der Waals surface area contributed by atoms with E-state index in [2.05, 4.69) is 20.5 Å². The molecule has 0 spiro atoms. The summed E-state index contributed by atoms with van der Waals surface area (Å²) in [6.45, 7) is 2.83. The summed E-state index contributed by atoms with van der Waals surface area (Å²) in [6, 6.07) is -0.306. The van der Waals surface area contributed by atoms with Gasteiger partial charge in [-0.25, -0.2) is 4.98 Å². The van der Waals surface area contributed by atoms with Crippen LogP contribution in [0.5, 0.6) is 0 Å². The first-order chi connectivity index (χ1) is 7.77. The van der Waals surface area contributed by atoms with E-state index in [4.69, 9.17) is 4.74 Å². The predicted octanol–water partition coefficient (Wildman–Crippen LogP) is 0.438. The Morgan fingerprint density at radius 3 is 3.12 bits per heavy atom. The average Bonchev–Trinajstić information content (AvgIpc) is 2.81. The molecule has 1 unspecified atom stereocenters. The van der Waals surface area contributed by atoms with E-state index in [1.807, 2.05) is 6.92 Å². The van der Waals surface area contributed by atoms with Crippen LogP contribution in [0.4, 0.5) is 0 Å². The number of aromatic nitrogens is 3. The SMILES string of the molecule is CCCNC(CSc1ncn[nH]1)C(=O)OC. The van der Waals surface area contributed by atoms with Crippen molar-refractivity contribution >= 4 is 17.7 Å². The van der Waals surface area contributed by atoms with Crippen LogP contribution in [0.2, 0.25) is 0 Å². The van der Waals surface area contributed by atoms with Crippen LogP contribution in [0.1, 0.15) is 13.3 Å². The lowest BCUT2D eigenvalue weighted by Crippen LogP contribution is -2.40. The third-order valence-electron chi connectivity index (χ3n) is 1.91. The number of hydrogen-bond acceptors (Lipinski definition) is 6. The zero-order valence-corrected chi connectivity index (χ0v) is 10.2. The zero-order valence-electron chi connectivity index (χ0n) is 9.40. The highest BCUT2D eigenvalue weighted by Crippen LogP contribution is 2.12. The number of nitrogens with zero attached hydrogens (tertiary/aromatic N) is 2. The van der Waals surface area contributed by atoms with Crippen molar-refractivity contribution in [2.75, 3.05) is 19.4 Å². The monoisotopic (exact) mass is 244 g/mol. The molecule has 1 atom stereocenters. The van der Waals surface area contributed by atoms with Gasteiger partial charge in [0.2, 0.25) is 0 Å². The van der Waals surface area contributed by atoms with Crippen LogP contribution in [-0.2, 0) is 9.53 Å². The summed E-state index contributed by atoms with van der Waals surface area (Å²) in [5, 5.41) is 10.3. The van der Waals surface area contributed by atoms with Gasteiger partial charge in [-0.2, -0.15) is 5.10 Å². The molecule has 0 radical (unpaired) electrons. The molecule has 1 aromatic rings. The molecule has 90 valence electrons. The smallest absolute Gasteiger partial charge is 0.323 e. The molecule has 0 bridgehead atoms. The van der Waals surface area contributed by atoms with E-state index >= 15 is 0 Å². The number of aromatic amines is 1. The first-order valence-corrected chi connectivity index (χ1v) is 6.05. The van der Waals surface area contributed by atoms with Crippen LogP contribution in [0.15, 0.2) is 11.5 Å². The molecule has 0 saturated heterocycles. The number of hydrogen-bond donors (Lipinski definition) is 2. The summed E-state index contributed by atoms with van der Waals surface area (Å²) in [5.74, 6) is 0.322. The van der Waals surface area contributed by atoms with Gasteiger partial charge in [0, 0.05) is 5.75 Å². The van der Waals surface area contributed by atoms with E-state index < -0.39 is 0 Å². The van der Waals surface area contributed by atoms with Crippen LogP contribution in [0.25, 0.3) is 0 Å². The van der Waals surface area contributed by atoms with E-state index in [9.17, 15) is 4.79 Å². The van der Waals surface area contributed by atoms with Crippen molar-refractivity contribution in [3.8, 4) is 0 Å². The number of ether oxygens (including phenoxy) is 1. The largest absolute Gasteiger partial charge is 0.468 e. The molecule has 0 fully saturated rings. The highest BCUT2D eigenvalue weighted by molar-refractivity contribution is 7.99. The molecule has 16 heavy (non-hydrogen) atoms. The van der Waals surface area contributed by atoms with Crippen LogP contribution >= 0.6 is 11.8 Å². The number of carbonyl (C=O) groups is 1. The lowest BCUT2D eigenvalue weighted by molar-refractivity contribution is -0.142. The standard InChI is InChI=1S/C9H16N4O2S/c1-3-4-10-7(8(14)15-2)5-16-9-11-6-12-13-9/h6-7,10H,3-5H2,1-2H3,(H,11,12,13). The summed E-state index contributed by atoms with van der Waals surface area (Å²) >= 11 is 1.44. The quantitative estimate of drug-likeness (QED) is 0.535. The Balaban J connectivity index is 2.40. The normalized spacial score (nSPS) is 12.4. The van der Waals surface area contributed by atoms with E-state index in [1.165, 1.54) is 25.2 Å². The van der Waals surface area contributed by atoms with Crippen LogP contribution < -0.4 is 5.32 Å². The molecule has 1 heterocycles. The van der Waals surface area contributed by atoms with Crippen molar-refractivity contribution in [1.29, 1.82) is 0 Å². The average molecular weight is 244 g/mol. The van der Waals surface area contributed by atoms with E-state index in [1.54, 1.807) is 0 Å². The third-order valence-corrected chi connectivity index (χ3v) is 2.88. The molecule has 2 N–H and O–H groups in total. The second-order valence-electron chi connectivity index (χ2n) is 3.13. The topological polar surface area (TPSA) is 79.9 Å². The maximum absolute atomic E-state index is 11.4. The van der Waals surface area contributed by atoms with Gasteiger partial charge in [0.15, 0.2) is 5.16 Å². The first kappa shape index (κ1) is 13.0. The Bertz CT molecular complexity index is 304. The van der Waals surface area contributed by atoms with Gasteiger partial charge in [0.1, 0.15) is 12.4 Å². The summed E-state index contributed by atoms with van der Waals surface area (Å²) in [7, 11) is 1.39. The molecule has 1 aromatic heterocycles. The lowest BCUT2D eigenvalue weighted by Gasteiger charge is -2.14. The number of esters is 1. The Hall–Kier alpha value is -1.08. The molecule has 0 aliphatic heterocycles. The van der Waals surface area contributed by atoms with Crippen molar-refractivity contribution in [3.63, 3.8) is 0 Å². The highest BCUT2D eigenvalue weighted by Gasteiger charge is 2.18. The minimum absolute atomic E-state index is 0.250. The Kier molecular flexibility index (Phi) is 5.87. The Morgan fingerprint density at radius 1 is 1.75 bits per heavy atom. The summed E-state index contributed by atoms with van der Waals surface area (Å²) < 4.78 is 4.72. The number of rotatable bonds is 7. The van der Waals surface area contributed by atoms with Gasteiger partial charge < -0.3 is 10.1 Å². The second-order valence-corrected chi connectivity index (χ2v) is 4.14. The van der Waals surface area contributed by atoms with Gasteiger partial charge in [0.25, 0.3) is 0 Å². The Morgan fingerprint density at radius 2 is 2.56 bits per heavy atom. The molecule has 0 amide bonds. The van der Waals surface area contributed by atoms with Gasteiger partial charge in [-0.15, -0.1) is 0 Å². The molecular formula is C9H16N4O2S. The van der Waals surface area contributed by atoms with Crippen molar-refractivity contribution in [1.82, 2.24) is 20.5 Å². The lowest BCUT2D eigenvalue weighted by atomic mass is 10.3. The fraction of sp³-hybridized carbons (Fsp3) is 0.667. The minimum Gasteiger partial charge on any atom is -0.468 e. The Labute approximate surface area is 98.6 Å². The molecule has 1 rings (SSSR count). The van der Waals surface area contributed by atoms with E-state index in [0.717, 1.165) is 13.0 Å². The third kappa shape index (κ3) is 4.19. The molecule has 7 heteroatoms. The maximum Gasteiger partial charge on any atom is 0.323 e. The van der Waals surface area contributed by atoms with Crippen molar-refractivity contribution in [2.24, 2.45) is 0 Å². The van der Waals surface area contributed by atoms with E-state index in [0.29, 0.717) is 10.9 Å². The summed E-state index contributed by atoms with van der Waals surface area (Å²) in [5.41, 5.74) is 0. The van der Waals surface area contributed by atoms with Gasteiger partial charge in [-0.05, 0) is 13.0 Å². The van der Waals surface area contributed by atoms with Crippen LogP contribution in [0.3, 0.4) is 0 Å². The van der Waals surface area contributed by atoms with E-state index in [-0.39, 0.29) is 12.0 Å². The van der Waals surface area contributed by atoms with Crippen molar-refractivity contribution in [2.45, 2.75) is 24.5 Å². The zero-order chi connectivity index (χ0) is 11.8. The van der Waals surface area contributed by atoms with Gasteiger partial charge >= 0.3 is 5.97 Å². The van der Waals surface area contributed by atoms with Gasteiger partial charge in [0.05, 0.1) is 7.11 Å². The number of carbonyl (C=O) groups excluding carboxylic acids is 1. The van der Waals surface area contributed by atoms with Crippen molar-refractivity contribution < 1.29 is 9.53 Å². The van der Waals surface area contributed by atoms with Gasteiger partial charge in [-0.1, -0.05) is 18.7 Å². The fourth-order valence-corrected chi connectivity index (χ4v) is 1.91. The summed E-state index contributed by atoms with van der Waals surface area (Å²) in [4.78, 5) is 15.4. The van der Waals surface area contributed by atoms with Crippen LogP contribution in [0, 0.1) is 0 Å². The molecule has 0 aliphatic rings. The second kappa shape index (κ2) is 7.24. The molecule has 6 nitrogen and oxygen atoms in total. The number of H-pyrrole nitrogens is 1. The molecule has 0 aliphatic carbocycles. The molecule has 0 aromatic carbocycles. The number of methoxy groups -OCH3 is 1. The van der Waals surface area contributed by atoms with Crippen molar-refractivity contribution in [3.05, 3.63) is 6.33 Å². The molecular weight excluding hydrogens is 228 g/mol. The number of thioether (sulfide) groups is 1.